The fourth-order valence-corrected chi connectivity index (χ4v) is 7.37. The molecule has 0 amide bonds. The van der Waals surface area contributed by atoms with Crippen molar-refractivity contribution in [2.45, 2.75) is 57.0 Å². The average molecular weight is 346 g/mol. The zero-order chi connectivity index (χ0) is 17.3. The van der Waals surface area contributed by atoms with Crippen LogP contribution in [0.3, 0.4) is 0 Å². The highest BCUT2D eigenvalue weighted by molar-refractivity contribution is 5.91. The summed E-state index contributed by atoms with van der Waals surface area (Å²) in [4.78, 5) is 25.1. The molecule has 2 heterocycles. The Hall–Kier alpha value is -1.40. The van der Waals surface area contributed by atoms with Gasteiger partial charge in [0, 0.05) is 29.6 Å². The number of Topliss-reactive ketones (excluding diaryl/α,β-unsaturated/α-hetero) is 1. The molecule has 2 saturated heterocycles. The van der Waals surface area contributed by atoms with Crippen molar-refractivity contribution >= 4 is 11.9 Å². The SMILES string of the molecule is CC1=C2[C@@H](O)C(=O)[C@H]3CCC4OCC4C3C3C4(OC(=O)OC4C1)[C@]23C. The highest BCUT2D eigenvalue weighted by atomic mass is 16.8. The Labute approximate surface area is 145 Å². The number of aliphatic hydroxyl groups excluding tert-OH is 1. The first-order valence-corrected chi connectivity index (χ1v) is 9.34. The number of carbonyl (C=O) groups is 2. The van der Waals surface area contributed by atoms with Gasteiger partial charge < -0.3 is 19.3 Å². The van der Waals surface area contributed by atoms with Crippen LogP contribution in [0.15, 0.2) is 11.1 Å². The molecule has 3 saturated carbocycles. The van der Waals surface area contributed by atoms with Crippen LogP contribution < -0.4 is 0 Å². The van der Waals surface area contributed by atoms with Gasteiger partial charge in [0.2, 0.25) is 0 Å². The first-order chi connectivity index (χ1) is 11.9. The van der Waals surface area contributed by atoms with Crippen LogP contribution >= 0.6 is 0 Å². The largest absolute Gasteiger partial charge is 0.509 e. The van der Waals surface area contributed by atoms with Gasteiger partial charge in [0.15, 0.2) is 17.5 Å². The molecule has 6 unspecified atom stereocenters. The van der Waals surface area contributed by atoms with E-state index in [1.54, 1.807) is 0 Å². The van der Waals surface area contributed by atoms with Crippen LogP contribution in [0.2, 0.25) is 0 Å². The summed E-state index contributed by atoms with van der Waals surface area (Å²) in [5.41, 5.74) is 0.562. The molecule has 0 aromatic heterocycles. The van der Waals surface area contributed by atoms with Gasteiger partial charge in [-0.25, -0.2) is 4.79 Å². The van der Waals surface area contributed by atoms with E-state index in [1.807, 2.05) is 6.92 Å². The smallest absolute Gasteiger partial charge is 0.426 e. The van der Waals surface area contributed by atoms with E-state index in [2.05, 4.69) is 6.92 Å². The number of aliphatic hydroxyl groups is 1. The molecule has 5 fully saturated rings. The van der Waals surface area contributed by atoms with E-state index >= 15 is 0 Å². The molecule has 6 rings (SSSR count). The van der Waals surface area contributed by atoms with Gasteiger partial charge in [-0.1, -0.05) is 12.5 Å². The predicted octanol–water partition coefficient (Wildman–Crippen LogP) is 1.60. The summed E-state index contributed by atoms with van der Waals surface area (Å²) in [7, 11) is 0. The van der Waals surface area contributed by atoms with E-state index in [0.717, 1.165) is 24.0 Å². The Morgan fingerprint density at radius 2 is 2.04 bits per heavy atom. The third-order valence-corrected chi connectivity index (χ3v) is 8.29. The summed E-state index contributed by atoms with van der Waals surface area (Å²) in [5.74, 6) is 0.229. The standard InChI is InChI=1S/C19H22O6/c1-7-5-11-19(25-17(22)24-11)16-12-8(3-4-10-9(12)6-23-10)14(20)15(21)13(7)18(16,19)2/h8-12,15-16,21H,3-6H2,1-2H3/t8-,9?,10?,11?,12?,15+,16?,18+,19?/m0/s1. The maximum Gasteiger partial charge on any atom is 0.509 e. The molecule has 25 heavy (non-hydrogen) atoms. The minimum absolute atomic E-state index is 0.0340. The first kappa shape index (κ1) is 14.7. The number of ketones is 1. The van der Waals surface area contributed by atoms with Gasteiger partial charge >= 0.3 is 6.16 Å². The van der Waals surface area contributed by atoms with Gasteiger partial charge in [-0.3, -0.25) is 4.79 Å². The normalized spacial score (nSPS) is 58.0. The lowest BCUT2D eigenvalue weighted by molar-refractivity contribution is -0.183. The molecule has 134 valence electrons. The van der Waals surface area contributed by atoms with Crippen LogP contribution in [0.4, 0.5) is 4.79 Å². The van der Waals surface area contributed by atoms with Gasteiger partial charge in [0.1, 0.15) is 6.10 Å². The third-order valence-electron chi connectivity index (χ3n) is 8.29. The van der Waals surface area contributed by atoms with Crippen molar-refractivity contribution in [3.8, 4) is 0 Å². The minimum atomic E-state index is -1.08. The molecule has 2 aliphatic heterocycles. The zero-order valence-electron chi connectivity index (χ0n) is 14.4. The molecule has 0 aromatic carbocycles. The second kappa shape index (κ2) is 4.12. The minimum Gasteiger partial charge on any atom is -0.426 e. The first-order valence-electron chi connectivity index (χ1n) is 9.34. The van der Waals surface area contributed by atoms with Crippen molar-refractivity contribution in [3.05, 3.63) is 11.1 Å². The Balaban J connectivity index is 1.58. The van der Waals surface area contributed by atoms with Crippen LogP contribution in [-0.4, -0.2) is 47.6 Å². The van der Waals surface area contributed by atoms with Gasteiger partial charge in [-0.2, -0.15) is 0 Å². The van der Waals surface area contributed by atoms with Crippen molar-refractivity contribution < 1.29 is 28.9 Å². The van der Waals surface area contributed by atoms with Crippen LogP contribution in [0.25, 0.3) is 0 Å². The number of fused-ring (bicyclic) bond motifs is 4. The van der Waals surface area contributed by atoms with Crippen molar-refractivity contribution in [1.29, 1.82) is 0 Å². The molecule has 0 radical (unpaired) electrons. The molecule has 6 aliphatic rings. The lowest BCUT2D eigenvalue weighted by atomic mass is 9.64. The summed E-state index contributed by atoms with van der Waals surface area (Å²) >= 11 is 0. The summed E-state index contributed by atoms with van der Waals surface area (Å²) in [6, 6.07) is 0. The predicted molar refractivity (Wildman–Crippen MR) is 83.5 cm³/mol. The summed E-state index contributed by atoms with van der Waals surface area (Å²) < 4.78 is 17.1. The van der Waals surface area contributed by atoms with Crippen LogP contribution in [-0.2, 0) is 19.0 Å². The van der Waals surface area contributed by atoms with Crippen molar-refractivity contribution in [3.63, 3.8) is 0 Å². The molecule has 6 heteroatoms. The average Bonchev–Trinajstić information content (AvgIpc) is 2.89. The molecule has 1 spiro atoms. The fraction of sp³-hybridized carbons (Fsp3) is 0.789. The van der Waals surface area contributed by atoms with Gasteiger partial charge in [0.25, 0.3) is 0 Å². The Kier molecular flexibility index (Phi) is 2.43. The van der Waals surface area contributed by atoms with Gasteiger partial charge in [-0.15, -0.1) is 0 Å². The lowest BCUT2D eigenvalue weighted by Gasteiger charge is -2.49. The second-order valence-electron chi connectivity index (χ2n) is 8.93. The summed E-state index contributed by atoms with van der Waals surface area (Å²) in [6.07, 6.45) is 0.370. The Morgan fingerprint density at radius 1 is 1.24 bits per heavy atom. The second-order valence-corrected chi connectivity index (χ2v) is 8.93. The molecule has 6 nitrogen and oxygen atoms in total. The summed E-state index contributed by atoms with van der Waals surface area (Å²) in [5, 5.41) is 11.0. The van der Waals surface area contributed by atoms with E-state index in [0.29, 0.717) is 18.9 Å². The van der Waals surface area contributed by atoms with E-state index in [9.17, 15) is 14.7 Å². The number of hydrogen-bond donors (Lipinski definition) is 1. The van der Waals surface area contributed by atoms with Crippen molar-refractivity contribution in [2.75, 3.05) is 6.61 Å². The molecule has 0 aromatic rings. The summed E-state index contributed by atoms with van der Waals surface area (Å²) in [6.45, 7) is 4.68. The highest BCUT2D eigenvalue weighted by Crippen LogP contribution is 2.80. The van der Waals surface area contributed by atoms with Gasteiger partial charge in [-0.05, 0) is 31.3 Å². The Bertz CT molecular complexity index is 757. The maximum absolute atomic E-state index is 13.1. The quantitative estimate of drug-likeness (QED) is 0.530. The molecular formula is C19H22O6. The molecule has 4 aliphatic carbocycles. The molecular weight excluding hydrogens is 324 g/mol. The Morgan fingerprint density at radius 3 is 2.76 bits per heavy atom. The zero-order valence-corrected chi connectivity index (χ0v) is 14.4. The fourth-order valence-electron chi connectivity index (χ4n) is 7.37. The van der Waals surface area contributed by atoms with E-state index in [4.69, 9.17) is 14.2 Å². The molecule has 1 N–H and O–H groups in total. The molecule has 9 atom stereocenters. The number of hydrogen-bond acceptors (Lipinski definition) is 6. The van der Waals surface area contributed by atoms with E-state index in [1.165, 1.54) is 0 Å². The van der Waals surface area contributed by atoms with E-state index in [-0.39, 0.29) is 35.7 Å². The van der Waals surface area contributed by atoms with Crippen LogP contribution in [0.5, 0.6) is 0 Å². The number of ether oxygens (including phenoxy) is 3. The van der Waals surface area contributed by atoms with Crippen molar-refractivity contribution in [1.82, 2.24) is 0 Å². The number of carbonyl (C=O) groups excluding carboxylic acids is 2. The maximum atomic E-state index is 13.1. The van der Waals surface area contributed by atoms with Crippen LogP contribution in [0, 0.1) is 29.1 Å². The van der Waals surface area contributed by atoms with Gasteiger partial charge in [0.05, 0.1) is 12.7 Å². The topological polar surface area (TPSA) is 82.1 Å². The molecule has 0 bridgehead atoms. The lowest BCUT2D eigenvalue weighted by Crippen LogP contribution is -2.54. The number of rotatable bonds is 0. The van der Waals surface area contributed by atoms with Crippen LogP contribution in [0.1, 0.15) is 33.1 Å². The monoisotopic (exact) mass is 346 g/mol. The van der Waals surface area contributed by atoms with Crippen molar-refractivity contribution in [2.24, 2.45) is 29.1 Å². The third kappa shape index (κ3) is 1.34. The highest BCUT2D eigenvalue weighted by Gasteiger charge is 2.90. The van der Waals surface area contributed by atoms with E-state index < -0.39 is 23.3 Å².